The Morgan fingerprint density at radius 2 is 1.24 bits per heavy atom. The molecule has 0 fully saturated rings. The second-order valence-corrected chi connectivity index (χ2v) is 8.35. The molecule has 3 aromatic rings. The number of hydrogen-bond acceptors (Lipinski definition) is 6. The summed E-state index contributed by atoms with van der Waals surface area (Å²) in [5.74, 6) is -2.46. The number of nitrogens with zero attached hydrogens (tertiary/aromatic N) is 6. The van der Waals surface area contributed by atoms with Gasteiger partial charge in [0.2, 0.25) is 11.6 Å². The second-order valence-electron chi connectivity index (χ2n) is 6.99. The highest BCUT2D eigenvalue weighted by Gasteiger charge is 2.39. The normalized spacial score (nSPS) is 13.1. The third-order valence-electron chi connectivity index (χ3n) is 5.10. The molecule has 11 nitrogen and oxygen atoms in total. The summed E-state index contributed by atoms with van der Waals surface area (Å²) in [6.45, 7) is 0. The summed E-state index contributed by atoms with van der Waals surface area (Å²) >= 11 is 0. The number of azide groups is 2. The first-order chi connectivity index (χ1) is 16.3. The SMILES string of the molecule is [N-]=[N+]=NC1=C(N=[N+]=[N-])c2c(cc(-c3ccccc3)c(-c3ccccc3)c2S(=O)(=O)O)C(=O)C1=O. The number of Topliss-reactive ketones (excluding diaryl/α,β-unsaturated/α-hetero) is 2. The van der Waals surface area contributed by atoms with Gasteiger partial charge in [0.1, 0.15) is 4.90 Å². The summed E-state index contributed by atoms with van der Waals surface area (Å²) in [4.78, 5) is 30.0. The zero-order valence-electron chi connectivity index (χ0n) is 17.0. The molecule has 1 aliphatic rings. The van der Waals surface area contributed by atoms with E-state index in [0.717, 1.165) is 0 Å². The lowest BCUT2D eigenvalue weighted by Crippen LogP contribution is -2.25. The number of ketones is 2. The van der Waals surface area contributed by atoms with E-state index in [1.165, 1.54) is 6.07 Å². The van der Waals surface area contributed by atoms with E-state index in [1.54, 1.807) is 60.7 Å². The molecule has 0 saturated heterocycles. The number of allylic oxidation sites excluding steroid dienone is 1. The van der Waals surface area contributed by atoms with Gasteiger partial charge in [0, 0.05) is 26.5 Å². The fourth-order valence-electron chi connectivity index (χ4n) is 3.80. The topological polar surface area (TPSA) is 186 Å². The first-order valence-corrected chi connectivity index (χ1v) is 11.0. The molecule has 34 heavy (non-hydrogen) atoms. The zero-order chi connectivity index (χ0) is 24.5. The van der Waals surface area contributed by atoms with Gasteiger partial charge in [-0.25, -0.2) is 0 Å². The fraction of sp³-hybridized carbons (Fsp3) is 0. The number of fused-ring (bicyclic) bond motifs is 1. The number of carbonyl (C=O) groups is 2. The number of carbonyl (C=O) groups excluding carboxylic acids is 2. The molecule has 0 radical (unpaired) electrons. The molecule has 166 valence electrons. The summed E-state index contributed by atoms with van der Waals surface area (Å²) < 4.78 is 35.9. The Hall–Kier alpha value is -4.73. The molecule has 0 bridgehead atoms. The summed E-state index contributed by atoms with van der Waals surface area (Å²) in [7, 11) is -5.10. The van der Waals surface area contributed by atoms with E-state index < -0.39 is 49.1 Å². The highest BCUT2D eigenvalue weighted by atomic mass is 32.2. The molecule has 3 aromatic carbocycles. The molecule has 0 aromatic heterocycles. The van der Waals surface area contributed by atoms with Gasteiger partial charge < -0.3 is 0 Å². The first-order valence-electron chi connectivity index (χ1n) is 9.52. The average molecular weight is 472 g/mol. The van der Waals surface area contributed by atoms with E-state index in [1.807, 2.05) is 0 Å². The quantitative estimate of drug-likeness (QED) is 0.173. The molecule has 1 aliphatic carbocycles. The van der Waals surface area contributed by atoms with Crippen LogP contribution in [0.2, 0.25) is 0 Å². The molecule has 0 spiro atoms. The third-order valence-corrected chi connectivity index (χ3v) is 6.03. The third kappa shape index (κ3) is 3.71. The van der Waals surface area contributed by atoms with Crippen LogP contribution in [0.4, 0.5) is 0 Å². The molecule has 1 N–H and O–H groups in total. The van der Waals surface area contributed by atoms with Crippen molar-refractivity contribution in [1.82, 2.24) is 0 Å². The maximum atomic E-state index is 13.0. The van der Waals surface area contributed by atoms with Crippen LogP contribution in [0.1, 0.15) is 15.9 Å². The molecule has 0 saturated carbocycles. The van der Waals surface area contributed by atoms with Gasteiger partial charge in [0.25, 0.3) is 10.1 Å². The van der Waals surface area contributed by atoms with Crippen molar-refractivity contribution in [2.75, 3.05) is 0 Å². The van der Waals surface area contributed by atoms with Crippen LogP contribution in [0.5, 0.6) is 0 Å². The van der Waals surface area contributed by atoms with Crippen molar-refractivity contribution >= 4 is 27.4 Å². The summed E-state index contributed by atoms with van der Waals surface area (Å²) in [6.07, 6.45) is 0. The lowest BCUT2D eigenvalue weighted by atomic mass is 9.83. The van der Waals surface area contributed by atoms with E-state index in [9.17, 15) is 22.6 Å². The van der Waals surface area contributed by atoms with Crippen molar-refractivity contribution in [3.8, 4) is 22.3 Å². The molecular formula is C22H12N6O5S. The van der Waals surface area contributed by atoms with Crippen LogP contribution < -0.4 is 0 Å². The summed E-state index contributed by atoms with van der Waals surface area (Å²) in [5, 5.41) is 6.54. The van der Waals surface area contributed by atoms with Crippen LogP contribution in [0.3, 0.4) is 0 Å². The lowest BCUT2D eigenvalue weighted by molar-refractivity contribution is -0.111. The van der Waals surface area contributed by atoms with E-state index >= 15 is 0 Å². The van der Waals surface area contributed by atoms with Gasteiger partial charge in [0.05, 0.1) is 11.4 Å². The van der Waals surface area contributed by atoms with E-state index in [0.29, 0.717) is 11.1 Å². The van der Waals surface area contributed by atoms with E-state index in [-0.39, 0.29) is 11.1 Å². The van der Waals surface area contributed by atoms with Crippen molar-refractivity contribution in [2.24, 2.45) is 10.2 Å². The van der Waals surface area contributed by atoms with Crippen molar-refractivity contribution < 1.29 is 22.6 Å². The van der Waals surface area contributed by atoms with Crippen molar-refractivity contribution in [2.45, 2.75) is 4.90 Å². The number of hydrogen-bond donors (Lipinski definition) is 1. The van der Waals surface area contributed by atoms with Gasteiger partial charge in [-0.3, -0.25) is 14.1 Å². The Bertz CT molecular complexity index is 1600. The smallest absolute Gasteiger partial charge is 0.285 e. The lowest BCUT2D eigenvalue weighted by Gasteiger charge is -2.24. The van der Waals surface area contributed by atoms with Crippen molar-refractivity contribution in [1.29, 1.82) is 0 Å². The Labute approximate surface area is 192 Å². The highest BCUT2D eigenvalue weighted by Crippen LogP contribution is 2.46. The monoisotopic (exact) mass is 472 g/mol. The van der Waals surface area contributed by atoms with E-state index in [2.05, 4.69) is 20.1 Å². The minimum Gasteiger partial charge on any atom is -0.285 e. The molecule has 0 unspecified atom stereocenters. The Morgan fingerprint density at radius 3 is 1.76 bits per heavy atom. The van der Waals surface area contributed by atoms with Crippen LogP contribution in [0.15, 0.2) is 87.6 Å². The van der Waals surface area contributed by atoms with Crippen LogP contribution in [0.25, 0.3) is 48.8 Å². The Kier molecular flexibility index (Phi) is 5.72. The van der Waals surface area contributed by atoms with Gasteiger partial charge in [0.15, 0.2) is 0 Å². The molecule has 0 heterocycles. The molecule has 0 atom stereocenters. The maximum Gasteiger partial charge on any atom is 0.295 e. The molecule has 0 aliphatic heterocycles. The zero-order valence-corrected chi connectivity index (χ0v) is 17.8. The van der Waals surface area contributed by atoms with Crippen LogP contribution in [-0.4, -0.2) is 24.5 Å². The van der Waals surface area contributed by atoms with Gasteiger partial charge in [-0.1, -0.05) is 70.9 Å². The maximum absolute atomic E-state index is 13.0. The summed E-state index contributed by atoms with van der Waals surface area (Å²) in [5.41, 5.74) is 16.5. The van der Waals surface area contributed by atoms with Crippen molar-refractivity contribution in [3.05, 3.63) is 104 Å². The van der Waals surface area contributed by atoms with Gasteiger partial charge in [-0.05, 0) is 33.8 Å². The molecule has 0 amide bonds. The van der Waals surface area contributed by atoms with Crippen molar-refractivity contribution in [3.63, 3.8) is 0 Å². The van der Waals surface area contributed by atoms with Crippen LogP contribution in [-0.2, 0) is 14.9 Å². The summed E-state index contributed by atoms with van der Waals surface area (Å²) in [6, 6.07) is 17.9. The Morgan fingerprint density at radius 1 is 0.706 bits per heavy atom. The van der Waals surface area contributed by atoms with Crippen LogP contribution in [0, 0.1) is 0 Å². The minimum absolute atomic E-state index is 0.00104. The predicted octanol–water partition coefficient (Wildman–Crippen LogP) is 5.32. The van der Waals surface area contributed by atoms with Gasteiger partial charge >= 0.3 is 0 Å². The minimum atomic E-state index is -5.10. The molecular weight excluding hydrogens is 460 g/mol. The van der Waals surface area contributed by atoms with Gasteiger partial charge in [-0.2, -0.15) is 8.42 Å². The standard InChI is InChI=1S/C22H12N6O5S/c23-27-25-18-17-15(20(29)21(30)19(18)26-28-24)11-14(12-7-3-1-4-8-12)16(22(17)34(31,32)33)13-9-5-2-6-10-13/h1-11H,(H,31,32,33). The largest absolute Gasteiger partial charge is 0.295 e. The van der Waals surface area contributed by atoms with Crippen LogP contribution >= 0.6 is 0 Å². The molecule has 4 rings (SSSR count). The number of benzene rings is 3. The van der Waals surface area contributed by atoms with Gasteiger partial charge in [-0.15, -0.1) is 0 Å². The second kappa shape index (κ2) is 8.66. The first kappa shape index (κ1) is 22.5. The highest BCUT2D eigenvalue weighted by molar-refractivity contribution is 7.86. The average Bonchev–Trinajstić information content (AvgIpc) is 2.84. The van der Waals surface area contributed by atoms with E-state index in [4.69, 9.17) is 11.1 Å². The molecule has 12 heteroatoms. The predicted molar refractivity (Wildman–Crippen MR) is 122 cm³/mol. The fourth-order valence-corrected chi connectivity index (χ4v) is 4.75. The number of rotatable bonds is 5. The Balaban J connectivity index is 2.34.